The number of fused-ring (bicyclic) bond motifs is 1. The Morgan fingerprint density at radius 1 is 1.10 bits per heavy atom. The van der Waals surface area contributed by atoms with Crippen LogP contribution in [0.1, 0.15) is 10.4 Å². The molecule has 1 aliphatic rings. The molecule has 20 heavy (non-hydrogen) atoms. The Morgan fingerprint density at radius 3 is 2.70 bits per heavy atom. The molecule has 0 unspecified atom stereocenters. The first-order valence-corrected chi connectivity index (χ1v) is 6.16. The third kappa shape index (κ3) is 2.33. The molecule has 1 aliphatic heterocycles. The van der Waals surface area contributed by atoms with Gasteiger partial charge >= 0.3 is 0 Å². The van der Waals surface area contributed by atoms with Crippen molar-refractivity contribution in [1.82, 2.24) is 0 Å². The van der Waals surface area contributed by atoms with Gasteiger partial charge in [-0.15, -0.1) is 0 Å². The van der Waals surface area contributed by atoms with Crippen molar-refractivity contribution < 1.29 is 14.3 Å². The van der Waals surface area contributed by atoms with Crippen molar-refractivity contribution in [2.75, 3.05) is 17.2 Å². The molecule has 2 N–H and O–H groups in total. The Labute approximate surface area is 115 Å². The van der Waals surface area contributed by atoms with Crippen molar-refractivity contribution in [2.45, 2.75) is 0 Å². The lowest BCUT2D eigenvalue weighted by Gasteiger charge is -2.20. The molecule has 2 amide bonds. The number of hydrogen-bond donors (Lipinski definition) is 2. The van der Waals surface area contributed by atoms with E-state index in [0.717, 1.165) is 0 Å². The van der Waals surface area contributed by atoms with Gasteiger partial charge in [0.2, 0.25) is 0 Å². The Morgan fingerprint density at radius 2 is 1.90 bits per heavy atom. The zero-order valence-corrected chi connectivity index (χ0v) is 10.6. The molecule has 1 heterocycles. The monoisotopic (exact) mass is 268 g/mol. The largest absolute Gasteiger partial charge is 0.482 e. The van der Waals surface area contributed by atoms with Crippen LogP contribution < -0.4 is 15.4 Å². The van der Waals surface area contributed by atoms with Gasteiger partial charge in [-0.25, -0.2) is 0 Å². The topological polar surface area (TPSA) is 67.4 Å². The van der Waals surface area contributed by atoms with Crippen LogP contribution in [0.3, 0.4) is 0 Å². The molecule has 0 aliphatic carbocycles. The molecule has 0 bridgehead atoms. The van der Waals surface area contributed by atoms with Crippen LogP contribution in [0, 0.1) is 0 Å². The average molecular weight is 268 g/mol. The first kappa shape index (κ1) is 12.2. The number of ether oxygens (including phenoxy) is 1. The summed E-state index contributed by atoms with van der Waals surface area (Å²) in [6.07, 6.45) is 0. The third-order valence-corrected chi connectivity index (χ3v) is 2.93. The van der Waals surface area contributed by atoms with Crippen LogP contribution >= 0.6 is 0 Å². The minimum absolute atomic E-state index is 0.0310. The van der Waals surface area contributed by atoms with Crippen molar-refractivity contribution in [3.8, 4) is 5.75 Å². The second-order valence-corrected chi connectivity index (χ2v) is 4.34. The molecule has 0 saturated carbocycles. The molecule has 5 nitrogen and oxygen atoms in total. The second kappa shape index (κ2) is 5.05. The minimum Gasteiger partial charge on any atom is -0.482 e. The van der Waals surface area contributed by atoms with Gasteiger partial charge in [0.15, 0.2) is 6.61 Å². The summed E-state index contributed by atoms with van der Waals surface area (Å²) in [4.78, 5) is 23.7. The average Bonchev–Trinajstić information content (AvgIpc) is 2.47. The molecular weight excluding hydrogens is 256 g/mol. The highest BCUT2D eigenvalue weighted by Crippen LogP contribution is 2.31. The fourth-order valence-electron chi connectivity index (χ4n) is 2.01. The zero-order chi connectivity index (χ0) is 13.9. The van der Waals surface area contributed by atoms with Gasteiger partial charge in [-0.3, -0.25) is 9.59 Å². The predicted octanol–water partition coefficient (Wildman–Crippen LogP) is 2.27. The lowest BCUT2D eigenvalue weighted by atomic mass is 10.1. The maximum Gasteiger partial charge on any atom is 0.262 e. The van der Waals surface area contributed by atoms with Crippen LogP contribution in [0.25, 0.3) is 0 Å². The first-order valence-electron chi connectivity index (χ1n) is 6.16. The van der Waals surface area contributed by atoms with E-state index >= 15 is 0 Å². The van der Waals surface area contributed by atoms with Gasteiger partial charge in [-0.05, 0) is 24.3 Å². The van der Waals surface area contributed by atoms with Crippen molar-refractivity contribution >= 4 is 23.2 Å². The Bertz CT molecular complexity index is 668. The maximum absolute atomic E-state index is 12.3. The van der Waals surface area contributed by atoms with E-state index in [0.29, 0.717) is 22.7 Å². The van der Waals surface area contributed by atoms with E-state index in [1.54, 1.807) is 30.3 Å². The smallest absolute Gasteiger partial charge is 0.262 e. The molecular formula is C15H12N2O3. The molecule has 0 atom stereocenters. The number of carbonyl (C=O) groups is 2. The Hall–Kier alpha value is -2.82. The summed E-state index contributed by atoms with van der Waals surface area (Å²) in [5.41, 5.74) is 1.48. The van der Waals surface area contributed by atoms with Crippen LogP contribution in [0.15, 0.2) is 48.5 Å². The normalized spacial score (nSPS) is 12.9. The number of benzene rings is 2. The molecule has 3 rings (SSSR count). The fraction of sp³-hybridized carbons (Fsp3) is 0.0667. The van der Waals surface area contributed by atoms with Crippen LogP contribution in [-0.2, 0) is 4.79 Å². The number of nitrogens with one attached hydrogen (secondary N) is 2. The van der Waals surface area contributed by atoms with Crippen LogP contribution in [0.4, 0.5) is 11.4 Å². The highest BCUT2D eigenvalue weighted by atomic mass is 16.5. The molecule has 0 fully saturated rings. The van der Waals surface area contributed by atoms with Crippen molar-refractivity contribution in [3.63, 3.8) is 0 Å². The van der Waals surface area contributed by atoms with E-state index in [-0.39, 0.29) is 18.4 Å². The number of anilines is 2. The molecule has 0 spiro atoms. The predicted molar refractivity (Wildman–Crippen MR) is 75.0 cm³/mol. The molecule has 2 aromatic carbocycles. The summed E-state index contributed by atoms with van der Waals surface area (Å²) in [6, 6.07) is 14.2. The third-order valence-electron chi connectivity index (χ3n) is 2.93. The SMILES string of the molecule is O=C1COc2cccc(C(=O)Nc3ccccc3)c2N1. The van der Waals surface area contributed by atoms with Crippen LogP contribution in [0.5, 0.6) is 5.75 Å². The van der Waals surface area contributed by atoms with Crippen LogP contribution in [-0.4, -0.2) is 18.4 Å². The van der Waals surface area contributed by atoms with Crippen molar-refractivity contribution in [3.05, 3.63) is 54.1 Å². The molecule has 0 radical (unpaired) electrons. The lowest BCUT2D eigenvalue weighted by Crippen LogP contribution is -2.27. The van der Waals surface area contributed by atoms with Gasteiger partial charge in [0, 0.05) is 5.69 Å². The van der Waals surface area contributed by atoms with Gasteiger partial charge in [-0.2, -0.15) is 0 Å². The fourth-order valence-corrected chi connectivity index (χ4v) is 2.01. The van der Waals surface area contributed by atoms with Gasteiger partial charge in [-0.1, -0.05) is 24.3 Å². The van der Waals surface area contributed by atoms with E-state index in [1.807, 2.05) is 18.2 Å². The Balaban J connectivity index is 1.91. The molecule has 100 valence electrons. The quantitative estimate of drug-likeness (QED) is 0.878. The number of para-hydroxylation sites is 2. The van der Waals surface area contributed by atoms with E-state index in [2.05, 4.69) is 10.6 Å². The summed E-state index contributed by atoms with van der Waals surface area (Å²) < 4.78 is 5.28. The number of rotatable bonds is 2. The molecule has 2 aromatic rings. The standard InChI is InChI=1S/C15H12N2O3/c18-13-9-20-12-8-4-7-11(14(12)17-13)15(19)16-10-5-2-1-3-6-10/h1-8H,9H2,(H,16,19)(H,17,18). The highest BCUT2D eigenvalue weighted by Gasteiger charge is 2.22. The van der Waals surface area contributed by atoms with Gasteiger partial charge in [0.1, 0.15) is 5.75 Å². The summed E-state index contributed by atoms with van der Waals surface area (Å²) in [7, 11) is 0. The van der Waals surface area contributed by atoms with Crippen molar-refractivity contribution in [2.24, 2.45) is 0 Å². The first-order chi connectivity index (χ1) is 9.74. The summed E-state index contributed by atoms with van der Waals surface area (Å²) in [5, 5.41) is 5.45. The van der Waals surface area contributed by atoms with Crippen molar-refractivity contribution in [1.29, 1.82) is 0 Å². The summed E-state index contributed by atoms with van der Waals surface area (Å²) in [6.45, 7) is -0.0310. The van der Waals surface area contributed by atoms with Gasteiger partial charge < -0.3 is 15.4 Å². The number of amides is 2. The number of carbonyl (C=O) groups excluding carboxylic acids is 2. The van der Waals surface area contributed by atoms with E-state index in [9.17, 15) is 9.59 Å². The van der Waals surface area contributed by atoms with E-state index in [1.165, 1.54) is 0 Å². The number of hydrogen-bond acceptors (Lipinski definition) is 3. The van der Waals surface area contributed by atoms with E-state index in [4.69, 9.17) is 4.74 Å². The summed E-state index contributed by atoms with van der Waals surface area (Å²) >= 11 is 0. The van der Waals surface area contributed by atoms with Gasteiger partial charge in [0.05, 0.1) is 11.3 Å². The molecule has 0 saturated heterocycles. The van der Waals surface area contributed by atoms with Crippen LogP contribution in [0.2, 0.25) is 0 Å². The highest BCUT2D eigenvalue weighted by molar-refractivity contribution is 6.11. The molecule has 5 heteroatoms. The second-order valence-electron chi connectivity index (χ2n) is 4.34. The Kier molecular flexibility index (Phi) is 3.09. The van der Waals surface area contributed by atoms with E-state index < -0.39 is 0 Å². The minimum atomic E-state index is -0.293. The zero-order valence-electron chi connectivity index (χ0n) is 10.6. The van der Waals surface area contributed by atoms with Gasteiger partial charge in [0.25, 0.3) is 11.8 Å². The lowest BCUT2D eigenvalue weighted by molar-refractivity contribution is -0.118. The summed E-state index contributed by atoms with van der Waals surface area (Å²) in [5.74, 6) is -0.0541. The maximum atomic E-state index is 12.3. The molecule has 0 aromatic heterocycles.